The Morgan fingerprint density at radius 1 is 1.35 bits per heavy atom. The van der Waals surface area contributed by atoms with Gasteiger partial charge in [0.05, 0.1) is 7.11 Å². The second-order valence-electron chi connectivity index (χ2n) is 4.28. The van der Waals surface area contributed by atoms with Crippen LogP contribution < -0.4 is 4.74 Å². The number of hydrogen-bond acceptors (Lipinski definition) is 5. The Hall–Kier alpha value is -2.50. The molecule has 1 heterocycles. The number of carbonyl (C=O) groups is 2. The lowest BCUT2D eigenvalue weighted by Crippen LogP contribution is -2.22. The first-order valence-electron chi connectivity index (χ1n) is 5.95. The summed E-state index contributed by atoms with van der Waals surface area (Å²) in [5.41, 5.74) is 0.828. The van der Waals surface area contributed by atoms with Crippen molar-refractivity contribution < 1.29 is 28.6 Å². The van der Waals surface area contributed by atoms with Crippen molar-refractivity contribution in [1.82, 2.24) is 0 Å². The molecule has 0 aliphatic rings. The van der Waals surface area contributed by atoms with Gasteiger partial charge in [-0.05, 0) is 32.0 Å². The van der Waals surface area contributed by atoms with E-state index in [-0.39, 0.29) is 0 Å². The predicted octanol–water partition coefficient (Wildman–Crippen LogP) is 2.38. The van der Waals surface area contributed by atoms with Gasteiger partial charge in [0.25, 0.3) is 0 Å². The fraction of sp³-hybridized carbons (Fsp3) is 0.286. The number of aliphatic carboxylic acids is 1. The van der Waals surface area contributed by atoms with E-state index in [1.807, 2.05) is 0 Å². The molecule has 1 N–H and O–H groups in total. The topological polar surface area (TPSA) is 86.0 Å². The molecule has 0 radical (unpaired) electrons. The average Bonchev–Trinajstić information content (AvgIpc) is 2.73. The van der Waals surface area contributed by atoms with Gasteiger partial charge in [0.15, 0.2) is 6.10 Å². The normalized spacial score (nSPS) is 12.2. The molecule has 6 nitrogen and oxygen atoms in total. The van der Waals surface area contributed by atoms with Gasteiger partial charge in [0.2, 0.25) is 0 Å². The second kappa shape index (κ2) is 5.24. The Bertz CT molecular complexity index is 670. The van der Waals surface area contributed by atoms with Gasteiger partial charge in [-0.15, -0.1) is 0 Å². The van der Waals surface area contributed by atoms with Gasteiger partial charge in [-0.25, -0.2) is 9.59 Å². The number of hydrogen-bond donors (Lipinski definition) is 1. The Morgan fingerprint density at radius 3 is 2.65 bits per heavy atom. The number of fused-ring (bicyclic) bond motifs is 1. The van der Waals surface area contributed by atoms with Crippen LogP contribution in [0, 0.1) is 6.92 Å². The average molecular weight is 278 g/mol. The van der Waals surface area contributed by atoms with Crippen molar-refractivity contribution in [2.75, 3.05) is 7.11 Å². The summed E-state index contributed by atoms with van der Waals surface area (Å²) in [6.45, 7) is 3.08. The van der Waals surface area contributed by atoms with Gasteiger partial charge >= 0.3 is 11.9 Å². The van der Waals surface area contributed by atoms with Crippen LogP contribution in [0.4, 0.5) is 0 Å². The lowest BCUT2D eigenvalue weighted by Gasteiger charge is -2.10. The largest absolute Gasteiger partial charge is 0.479 e. The highest BCUT2D eigenvalue weighted by Gasteiger charge is 2.20. The van der Waals surface area contributed by atoms with Crippen LogP contribution in [0.3, 0.4) is 0 Å². The van der Waals surface area contributed by atoms with E-state index < -0.39 is 18.0 Å². The van der Waals surface area contributed by atoms with Crippen molar-refractivity contribution in [3.05, 3.63) is 29.5 Å². The molecule has 2 rings (SSSR count). The van der Waals surface area contributed by atoms with E-state index in [1.165, 1.54) is 14.0 Å². The molecule has 6 heteroatoms. The minimum Gasteiger partial charge on any atom is -0.479 e. The zero-order chi connectivity index (χ0) is 14.9. The van der Waals surface area contributed by atoms with E-state index >= 15 is 0 Å². The summed E-state index contributed by atoms with van der Waals surface area (Å²) in [4.78, 5) is 22.5. The maximum atomic E-state index is 11.7. The van der Waals surface area contributed by atoms with E-state index in [4.69, 9.17) is 19.0 Å². The minimum atomic E-state index is -1.07. The molecular formula is C14H14O6. The molecule has 0 amide bonds. The molecule has 1 unspecified atom stereocenters. The van der Waals surface area contributed by atoms with Gasteiger partial charge in [0, 0.05) is 5.39 Å². The van der Waals surface area contributed by atoms with E-state index in [0.29, 0.717) is 28.0 Å². The third-order valence-corrected chi connectivity index (χ3v) is 2.89. The molecule has 1 aromatic heterocycles. The van der Waals surface area contributed by atoms with Crippen molar-refractivity contribution in [3.63, 3.8) is 0 Å². The van der Waals surface area contributed by atoms with Gasteiger partial charge in [-0.3, -0.25) is 0 Å². The molecule has 0 bridgehead atoms. The maximum absolute atomic E-state index is 11.7. The number of carbonyl (C=O) groups excluding carboxylic acids is 1. The number of benzene rings is 1. The van der Waals surface area contributed by atoms with Crippen LogP contribution in [0.15, 0.2) is 22.6 Å². The highest BCUT2D eigenvalue weighted by Crippen LogP contribution is 2.29. The molecule has 0 spiro atoms. The lowest BCUT2D eigenvalue weighted by molar-refractivity contribution is -0.144. The first kappa shape index (κ1) is 13.9. The van der Waals surface area contributed by atoms with Crippen molar-refractivity contribution >= 4 is 22.9 Å². The fourth-order valence-corrected chi connectivity index (χ4v) is 1.88. The van der Waals surface area contributed by atoms with E-state index in [9.17, 15) is 9.59 Å². The second-order valence-corrected chi connectivity index (χ2v) is 4.28. The minimum absolute atomic E-state index is 0.316. The number of carboxylic acids is 1. The number of furan rings is 1. The molecule has 1 aromatic carbocycles. The summed E-state index contributed by atoms with van der Waals surface area (Å²) >= 11 is 0. The smallest absolute Gasteiger partial charge is 0.344 e. The molecule has 0 saturated carbocycles. The monoisotopic (exact) mass is 278 g/mol. The van der Waals surface area contributed by atoms with E-state index in [0.717, 1.165) is 0 Å². The molecule has 106 valence electrons. The van der Waals surface area contributed by atoms with Crippen molar-refractivity contribution in [1.29, 1.82) is 0 Å². The maximum Gasteiger partial charge on any atom is 0.344 e. The molecule has 2 aromatic rings. The molecule has 0 aliphatic heterocycles. The van der Waals surface area contributed by atoms with Crippen LogP contribution in [-0.4, -0.2) is 30.3 Å². The molecular weight excluding hydrogens is 264 g/mol. The van der Waals surface area contributed by atoms with Crippen LogP contribution in [0.2, 0.25) is 0 Å². The van der Waals surface area contributed by atoms with E-state index in [1.54, 1.807) is 25.1 Å². The third kappa shape index (κ3) is 2.45. The van der Waals surface area contributed by atoms with Crippen LogP contribution >= 0.6 is 0 Å². The van der Waals surface area contributed by atoms with Gasteiger partial charge in [-0.2, -0.15) is 0 Å². The summed E-state index contributed by atoms with van der Waals surface area (Å²) in [5, 5.41) is 9.36. The highest BCUT2D eigenvalue weighted by molar-refractivity contribution is 6.04. The summed E-state index contributed by atoms with van der Waals surface area (Å²) < 4.78 is 15.4. The zero-order valence-electron chi connectivity index (χ0n) is 11.3. The zero-order valence-corrected chi connectivity index (χ0v) is 11.3. The molecule has 20 heavy (non-hydrogen) atoms. The number of ether oxygens (including phenoxy) is 2. The number of aryl methyl sites for hydroxylation is 1. The molecule has 0 fully saturated rings. The van der Waals surface area contributed by atoms with Crippen molar-refractivity contribution in [3.8, 4) is 5.75 Å². The highest BCUT2D eigenvalue weighted by atomic mass is 16.5. The van der Waals surface area contributed by atoms with Crippen LogP contribution in [0.25, 0.3) is 11.0 Å². The van der Waals surface area contributed by atoms with Gasteiger partial charge in [0.1, 0.15) is 22.7 Å². The van der Waals surface area contributed by atoms with Crippen LogP contribution in [0.1, 0.15) is 23.0 Å². The Kier molecular flexibility index (Phi) is 3.65. The van der Waals surface area contributed by atoms with Gasteiger partial charge < -0.3 is 19.0 Å². The standard InChI is InChI=1S/C14H14O6/c1-7-12(14(17)18-3)10-6-9(4-5-11(10)20-7)19-8(2)13(15)16/h4-6,8H,1-3H3,(H,15,16). The van der Waals surface area contributed by atoms with Crippen LogP contribution in [0.5, 0.6) is 5.75 Å². The summed E-state index contributed by atoms with van der Waals surface area (Å²) in [6, 6.07) is 4.78. The van der Waals surface area contributed by atoms with Gasteiger partial charge in [-0.1, -0.05) is 0 Å². The number of esters is 1. The predicted molar refractivity (Wildman–Crippen MR) is 70.0 cm³/mol. The van der Waals surface area contributed by atoms with E-state index in [2.05, 4.69) is 0 Å². The Morgan fingerprint density at radius 2 is 2.05 bits per heavy atom. The fourth-order valence-electron chi connectivity index (χ4n) is 1.88. The lowest BCUT2D eigenvalue weighted by atomic mass is 10.1. The SMILES string of the molecule is COC(=O)c1c(C)oc2ccc(OC(C)C(=O)O)cc12. The molecule has 0 aliphatic carbocycles. The number of carboxylic acid groups (broad SMARTS) is 1. The number of rotatable bonds is 4. The summed E-state index contributed by atoms with van der Waals surface area (Å²) in [6.07, 6.45) is -0.984. The van der Waals surface area contributed by atoms with Crippen molar-refractivity contribution in [2.24, 2.45) is 0 Å². The first-order chi connectivity index (χ1) is 9.43. The first-order valence-corrected chi connectivity index (χ1v) is 5.95. The molecule has 1 atom stereocenters. The van der Waals surface area contributed by atoms with Crippen molar-refractivity contribution in [2.45, 2.75) is 20.0 Å². The van der Waals surface area contributed by atoms with Crippen LogP contribution in [-0.2, 0) is 9.53 Å². The summed E-state index contributed by atoms with van der Waals surface area (Å²) in [5.74, 6) is -0.792. The quantitative estimate of drug-likeness (QED) is 0.864. The summed E-state index contributed by atoms with van der Waals surface area (Å²) in [7, 11) is 1.29. The Balaban J connectivity index is 2.47. The number of methoxy groups -OCH3 is 1. The molecule has 0 saturated heterocycles. The third-order valence-electron chi connectivity index (χ3n) is 2.89. The Labute approximate surface area is 114 Å².